The average molecular weight is 309 g/mol. The monoisotopic (exact) mass is 309 g/mol. The zero-order valence-electron chi connectivity index (χ0n) is 12.7. The minimum absolute atomic E-state index is 0.0152. The molecule has 4 nitrogen and oxygen atoms in total. The van der Waals surface area contributed by atoms with Gasteiger partial charge in [-0.3, -0.25) is 4.79 Å². The predicted molar refractivity (Wildman–Crippen MR) is 82.8 cm³/mol. The largest absolute Gasteiger partial charge is 0.349 e. The minimum Gasteiger partial charge on any atom is -0.349 e. The number of fused-ring (bicyclic) bond motifs is 1. The summed E-state index contributed by atoms with van der Waals surface area (Å²) in [5, 5.41) is 2.97. The van der Waals surface area contributed by atoms with Crippen molar-refractivity contribution in [2.45, 2.75) is 57.8 Å². The van der Waals surface area contributed by atoms with Gasteiger partial charge < -0.3 is 14.8 Å². The van der Waals surface area contributed by atoms with Crippen LogP contribution in [0.3, 0.4) is 0 Å². The molecule has 1 aromatic rings. The quantitative estimate of drug-likeness (QED) is 0.873. The van der Waals surface area contributed by atoms with Crippen LogP contribution in [-0.4, -0.2) is 30.9 Å². The van der Waals surface area contributed by atoms with Gasteiger partial charge in [0.1, 0.15) is 6.10 Å². The number of hydrogen-bond acceptors (Lipinski definition) is 4. The van der Waals surface area contributed by atoms with E-state index < -0.39 is 5.79 Å². The van der Waals surface area contributed by atoms with Gasteiger partial charge in [-0.2, -0.15) is 0 Å². The SMILES string of the molecule is CC1(C)OCC(CNC(=O)c2cc3c(s2)CCCCC3)O1. The number of ether oxygens (including phenoxy) is 2. The van der Waals surface area contributed by atoms with E-state index in [2.05, 4.69) is 11.4 Å². The van der Waals surface area contributed by atoms with Crippen molar-refractivity contribution in [3.8, 4) is 0 Å². The molecule has 21 heavy (non-hydrogen) atoms. The van der Waals surface area contributed by atoms with E-state index in [0.717, 1.165) is 17.7 Å². The molecule has 0 spiro atoms. The topological polar surface area (TPSA) is 47.6 Å². The molecule has 0 radical (unpaired) electrons. The highest BCUT2D eigenvalue weighted by Crippen LogP contribution is 2.29. The molecule has 2 aliphatic rings. The van der Waals surface area contributed by atoms with Crippen LogP contribution in [0, 0.1) is 0 Å². The molecule has 1 saturated heterocycles. The van der Waals surface area contributed by atoms with E-state index in [-0.39, 0.29) is 12.0 Å². The molecule has 116 valence electrons. The van der Waals surface area contributed by atoms with Crippen molar-refractivity contribution in [1.82, 2.24) is 5.32 Å². The summed E-state index contributed by atoms with van der Waals surface area (Å²) >= 11 is 1.65. The molecule has 0 aromatic carbocycles. The van der Waals surface area contributed by atoms with Gasteiger partial charge in [0, 0.05) is 11.4 Å². The summed E-state index contributed by atoms with van der Waals surface area (Å²) in [7, 11) is 0. The van der Waals surface area contributed by atoms with E-state index in [0.29, 0.717) is 13.2 Å². The third kappa shape index (κ3) is 3.65. The lowest BCUT2D eigenvalue weighted by Gasteiger charge is -2.17. The van der Waals surface area contributed by atoms with Crippen LogP contribution in [0.2, 0.25) is 0 Å². The zero-order chi connectivity index (χ0) is 14.9. The maximum atomic E-state index is 12.3. The van der Waals surface area contributed by atoms with Crippen molar-refractivity contribution >= 4 is 17.2 Å². The maximum absolute atomic E-state index is 12.3. The smallest absolute Gasteiger partial charge is 0.261 e. The molecule has 0 bridgehead atoms. The van der Waals surface area contributed by atoms with Gasteiger partial charge in [-0.25, -0.2) is 0 Å². The van der Waals surface area contributed by atoms with Gasteiger partial charge in [0.05, 0.1) is 11.5 Å². The van der Waals surface area contributed by atoms with Gasteiger partial charge in [-0.1, -0.05) is 6.42 Å². The lowest BCUT2D eigenvalue weighted by Crippen LogP contribution is -2.34. The summed E-state index contributed by atoms with van der Waals surface area (Å²) in [5.41, 5.74) is 1.38. The summed E-state index contributed by atoms with van der Waals surface area (Å²) in [6, 6.07) is 2.08. The van der Waals surface area contributed by atoms with Gasteiger partial charge in [-0.05, 0) is 51.2 Å². The molecule has 1 unspecified atom stereocenters. The third-order valence-corrected chi connectivity index (χ3v) is 5.26. The summed E-state index contributed by atoms with van der Waals surface area (Å²) in [6.07, 6.45) is 5.98. The average Bonchev–Trinajstić information content (AvgIpc) is 2.93. The van der Waals surface area contributed by atoms with Gasteiger partial charge in [0.15, 0.2) is 5.79 Å². The van der Waals surface area contributed by atoms with Crippen LogP contribution in [0.1, 0.15) is 53.2 Å². The normalized spacial score (nSPS) is 24.4. The van der Waals surface area contributed by atoms with Crippen LogP contribution >= 0.6 is 11.3 Å². The molecule has 1 atom stereocenters. The number of carbonyl (C=O) groups is 1. The fraction of sp³-hybridized carbons (Fsp3) is 0.688. The van der Waals surface area contributed by atoms with Crippen molar-refractivity contribution in [3.63, 3.8) is 0 Å². The molecule has 5 heteroatoms. The van der Waals surface area contributed by atoms with E-state index in [1.165, 1.54) is 29.7 Å². The number of hydrogen-bond donors (Lipinski definition) is 1. The predicted octanol–water partition coefficient (Wildman–Crippen LogP) is 2.90. The lowest BCUT2D eigenvalue weighted by atomic mass is 10.1. The fourth-order valence-corrected chi connectivity index (χ4v) is 4.11. The number of aryl methyl sites for hydroxylation is 2. The Bertz CT molecular complexity index is 500. The number of carbonyl (C=O) groups excluding carboxylic acids is 1. The minimum atomic E-state index is -0.532. The first-order valence-electron chi connectivity index (χ1n) is 7.75. The summed E-state index contributed by atoms with van der Waals surface area (Å²) in [6.45, 7) is 4.83. The van der Waals surface area contributed by atoms with Crippen LogP contribution in [0.5, 0.6) is 0 Å². The number of rotatable bonds is 3. The van der Waals surface area contributed by atoms with Crippen LogP contribution in [0.4, 0.5) is 0 Å². The van der Waals surface area contributed by atoms with Crippen molar-refractivity contribution < 1.29 is 14.3 Å². The van der Waals surface area contributed by atoms with E-state index in [1.807, 2.05) is 13.8 Å². The molecular weight excluding hydrogens is 286 g/mol. The first-order chi connectivity index (χ1) is 10.0. The van der Waals surface area contributed by atoms with E-state index in [1.54, 1.807) is 11.3 Å². The zero-order valence-corrected chi connectivity index (χ0v) is 13.6. The van der Waals surface area contributed by atoms with Gasteiger partial charge in [0.25, 0.3) is 5.91 Å². The fourth-order valence-electron chi connectivity index (χ4n) is 2.94. The summed E-state index contributed by atoms with van der Waals surface area (Å²) < 4.78 is 11.2. The molecule has 1 aromatic heterocycles. The van der Waals surface area contributed by atoms with Gasteiger partial charge in [0.2, 0.25) is 0 Å². The second-order valence-corrected chi connectivity index (χ2v) is 7.42. The van der Waals surface area contributed by atoms with Crippen LogP contribution < -0.4 is 5.32 Å². The molecular formula is C16H23NO3S. The highest BCUT2D eigenvalue weighted by Gasteiger charge is 2.32. The van der Waals surface area contributed by atoms with Crippen LogP contribution in [0.15, 0.2) is 6.07 Å². The molecule has 2 heterocycles. The van der Waals surface area contributed by atoms with Crippen molar-refractivity contribution in [2.75, 3.05) is 13.2 Å². The highest BCUT2D eigenvalue weighted by molar-refractivity contribution is 7.14. The second-order valence-electron chi connectivity index (χ2n) is 6.28. The second kappa shape index (κ2) is 6.07. The Morgan fingerprint density at radius 1 is 1.38 bits per heavy atom. The Morgan fingerprint density at radius 2 is 2.19 bits per heavy atom. The van der Waals surface area contributed by atoms with Gasteiger partial charge in [-0.15, -0.1) is 11.3 Å². The van der Waals surface area contributed by atoms with E-state index in [9.17, 15) is 4.79 Å². The first-order valence-corrected chi connectivity index (χ1v) is 8.57. The standard InChI is InChI=1S/C16H23NO3S/c1-16(2)19-10-12(20-16)9-17-15(18)14-8-11-6-4-3-5-7-13(11)21-14/h8,12H,3-7,9-10H2,1-2H3,(H,17,18). The Kier molecular flexibility index (Phi) is 4.33. The Balaban J connectivity index is 1.56. The number of nitrogens with one attached hydrogen (secondary N) is 1. The summed E-state index contributed by atoms with van der Waals surface area (Å²) in [5.74, 6) is -0.517. The third-order valence-electron chi connectivity index (χ3n) is 4.03. The van der Waals surface area contributed by atoms with Gasteiger partial charge >= 0.3 is 0 Å². The van der Waals surface area contributed by atoms with Crippen LogP contribution in [-0.2, 0) is 22.3 Å². The molecule has 1 amide bonds. The van der Waals surface area contributed by atoms with Crippen LogP contribution in [0.25, 0.3) is 0 Å². The first kappa shape index (κ1) is 15.0. The molecule has 1 N–H and O–H groups in total. The van der Waals surface area contributed by atoms with Crippen molar-refractivity contribution in [1.29, 1.82) is 0 Å². The number of amides is 1. The summed E-state index contributed by atoms with van der Waals surface area (Å²) in [4.78, 5) is 14.5. The Labute approximate surface area is 129 Å². The number of thiophene rings is 1. The molecule has 0 saturated carbocycles. The molecule has 1 aliphatic carbocycles. The maximum Gasteiger partial charge on any atom is 0.261 e. The highest BCUT2D eigenvalue weighted by atomic mass is 32.1. The molecule has 1 fully saturated rings. The molecule has 3 rings (SSSR count). The Hall–Kier alpha value is -0.910. The van der Waals surface area contributed by atoms with Crippen molar-refractivity contribution in [2.24, 2.45) is 0 Å². The van der Waals surface area contributed by atoms with E-state index in [4.69, 9.17) is 9.47 Å². The lowest BCUT2D eigenvalue weighted by molar-refractivity contribution is -0.137. The molecule has 1 aliphatic heterocycles. The Morgan fingerprint density at radius 3 is 2.95 bits per heavy atom. The van der Waals surface area contributed by atoms with Crippen molar-refractivity contribution in [3.05, 3.63) is 21.4 Å². The van der Waals surface area contributed by atoms with E-state index >= 15 is 0 Å².